The van der Waals surface area contributed by atoms with Crippen LogP contribution in [0.25, 0.3) is 0 Å². The lowest BCUT2D eigenvalue weighted by molar-refractivity contribution is -0.143. The summed E-state index contributed by atoms with van der Waals surface area (Å²) in [6, 6.07) is -0.631. The molecule has 0 saturated heterocycles. The molecule has 0 fully saturated rings. The van der Waals surface area contributed by atoms with Crippen LogP contribution in [0.4, 0.5) is 0 Å². The Kier molecular flexibility index (Phi) is 49.6. The van der Waals surface area contributed by atoms with Crippen molar-refractivity contribution in [2.75, 3.05) is 13.2 Å². The third-order valence-corrected chi connectivity index (χ3v) is 12.5. The van der Waals surface area contributed by atoms with Crippen molar-refractivity contribution in [2.45, 2.75) is 302 Å². The molecular weight excluding hydrogens is 755 g/mol. The SMILES string of the molecule is CCCCCCCCCC/C=C/C(O)C(CO)NC(=O)CCCCCCCCC/C=C\CCCCCCCCCCCCOC(=O)CCCCCCCCCCCCCCC. The van der Waals surface area contributed by atoms with E-state index in [1.54, 1.807) is 6.08 Å². The summed E-state index contributed by atoms with van der Waals surface area (Å²) in [7, 11) is 0. The molecule has 0 aromatic heterocycles. The molecule has 0 aromatic rings. The molecule has 0 bridgehead atoms. The number of hydrogen-bond donors (Lipinski definition) is 3. The van der Waals surface area contributed by atoms with Crippen molar-refractivity contribution >= 4 is 11.9 Å². The molecule has 360 valence electrons. The van der Waals surface area contributed by atoms with Gasteiger partial charge in [-0.1, -0.05) is 244 Å². The molecular formula is C55H105NO5. The minimum absolute atomic E-state index is 0.00874. The third kappa shape index (κ3) is 47.7. The highest BCUT2D eigenvalue weighted by atomic mass is 16.5. The molecule has 6 nitrogen and oxygen atoms in total. The van der Waals surface area contributed by atoms with Crippen molar-refractivity contribution < 1.29 is 24.5 Å². The standard InChI is InChI=1S/C55H105NO5/c1-3-5-7-9-11-13-15-25-29-33-37-41-45-49-55(60)61-50-46-42-38-34-30-27-24-22-20-18-16-17-19-21-23-26-28-32-36-40-44-48-54(59)56-52(51-57)53(58)47-43-39-35-31-14-12-10-8-6-4-2/h17,19,43,47,52-53,57-58H,3-16,18,20-42,44-46,48-51H2,1-2H3,(H,56,59)/b19-17-,47-43+. The zero-order valence-electron chi connectivity index (χ0n) is 40.9. The maximum atomic E-state index is 12.4. The lowest BCUT2D eigenvalue weighted by atomic mass is 10.0. The van der Waals surface area contributed by atoms with E-state index in [0.717, 1.165) is 44.9 Å². The van der Waals surface area contributed by atoms with Gasteiger partial charge >= 0.3 is 5.97 Å². The summed E-state index contributed by atoms with van der Waals surface area (Å²) in [6.45, 7) is 4.88. The summed E-state index contributed by atoms with van der Waals surface area (Å²) in [4.78, 5) is 24.4. The molecule has 0 rings (SSSR count). The molecule has 2 unspecified atom stereocenters. The molecule has 1 amide bonds. The molecule has 6 heteroatoms. The summed E-state index contributed by atoms with van der Waals surface area (Å²) in [6.07, 6.45) is 60.5. The normalized spacial score (nSPS) is 12.8. The first-order valence-electron chi connectivity index (χ1n) is 27.1. The fourth-order valence-corrected chi connectivity index (χ4v) is 8.27. The minimum Gasteiger partial charge on any atom is -0.466 e. The number of unbranched alkanes of at least 4 members (excludes halogenated alkanes) is 37. The number of amides is 1. The number of carbonyl (C=O) groups excluding carboxylic acids is 2. The van der Waals surface area contributed by atoms with Crippen LogP contribution in [0, 0.1) is 0 Å². The Balaban J connectivity index is 3.42. The van der Waals surface area contributed by atoms with Gasteiger partial charge in [0, 0.05) is 12.8 Å². The van der Waals surface area contributed by atoms with Gasteiger partial charge in [0.05, 0.1) is 25.4 Å². The fraction of sp³-hybridized carbons (Fsp3) is 0.891. The van der Waals surface area contributed by atoms with Gasteiger partial charge in [-0.3, -0.25) is 9.59 Å². The van der Waals surface area contributed by atoms with Crippen molar-refractivity contribution in [3.05, 3.63) is 24.3 Å². The highest BCUT2D eigenvalue weighted by Gasteiger charge is 2.18. The number of aliphatic hydroxyl groups excluding tert-OH is 2. The van der Waals surface area contributed by atoms with Gasteiger partial charge in [0.25, 0.3) is 0 Å². The minimum atomic E-state index is -0.847. The highest BCUT2D eigenvalue weighted by Crippen LogP contribution is 2.16. The molecule has 0 heterocycles. The van der Waals surface area contributed by atoms with E-state index in [0.29, 0.717) is 19.4 Å². The van der Waals surface area contributed by atoms with E-state index in [4.69, 9.17) is 4.74 Å². The van der Waals surface area contributed by atoms with Crippen molar-refractivity contribution in [3.8, 4) is 0 Å². The summed E-state index contributed by atoms with van der Waals surface area (Å²) >= 11 is 0. The number of esters is 1. The van der Waals surface area contributed by atoms with E-state index in [2.05, 4.69) is 31.3 Å². The number of rotatable bonds is 50. The van der Waals surface area contributed by atoms with E-state index in [1.807, 2.05) is 6.08 Å². The molecule has 0 radical (unpaired) electrons. The molecule has 0 spiro atoms. The highest BCUT2D eigenvalue weighted by molar-refractivity contribution is 5.76. The first-order valence-corrected chi connectivity index (χ1v) is 27.1. The van der Waals surface area contributed by atoms with E-state index in [1.165, 1.54) is 218 Å². The quantitative estimate of drug-likeness (QED) is 0.0322. The van der Waals surface area contributed by atoms with E-state index in [-0.39, 0.29) is 18.5 Å². The number of carbonyl (C=O) groups is 2. The predicted octanol–water partition coefficient (Wildman–Crippen LogP) is 16.3. The summed E-state index contributed by atoms with van der Waals surface area (Å²) in [5.74, 6) is -0.0689. The van der Waals surface area contributed by atoms with Crippen molar-refractivity contribution in [1.29, 1.82) is 0 Å². The van der Waals surface area contributed by atoms with Gasteiger partial charge in [-0.15, -0.1) is 0 Å². The van der Waals surface area contributed by atoms with Gasteiger partial charge in [-0.25, -0.2) is 0 Å². The lowest BCUT2D eigenvalue weighted by Crippen LogP contribution is -2.45. The predicted molar refractivity (Wildman–Crippen MR) is 264 cm³/mol. The van der Waals surface area contributed by atoms with Gasteiger partial charge in [0.2, 0.25) is 5.91 Å². The number of ether oxygens (including phenoxy) is 1. The molecule has 0 aromatic carbocycles. The maximum absolute atomic E-state index is 12.4. The van der Waals surface area contributed by atoms with Gasteiger partial charge in [0.1, 0.15) is 0 Å². The van der Waals surface area contributed by atoms with Crippen LogP contribution in [0.2, 0.25) is 0 Å². The van der Waals surface area contributed by atoms with Crippen LogP contribution in [-0.2, 0) is 14.3 Å². The molecule has 3 N–H and O–H groups in total. The van der Waals surface area contributed by atoms with Crippen LogP contribution in [0.3, 0.4) is 0 Å². The van der Waals surface area contributed by atoms with Crippen molar-refractivity contribution in [2.24, 2.45) is 0 Å². The average Bonchev–Trinajstić information content (AvgIpc) is 3.26. The molecule has 0 saturated carbocycles. The summed E-state index contributed by atoms with van der Waals surface area (Å²) in [5, 5.41) is 22.9. The Hall–Kier alpha value is -1.66. The van der Waals surface area contributed by atoms with Crippen molar-refractivity contribution in [1.82, 2.24) is 5.32 Å². The molecule has 61 heavy (non-hydrogen) atoms. The number of hydrogen-bond acceptors (Lipinski definition) is 5. The summed E-state index contributed by atoms with van der Waals surface area (Å²) < 4.78 is 5.47. The first kappa shape index (κ1) is 59.3. The van der Waals surface area contributed by atoms with Gasteiger partial charge in [-0.05, 0) is 57.8 Å². The average molecular weight is 860 g/mol. The Morgan fingerprint density at radius 1 is 0.443 bits per heavy atom. The number of allylic oxidation sites excluding steroid dienone is 3. The molecule has 2 atom stereocenters. The first-order chi connectivity index (χ1) is 30.0. The van der Waals surface area contributed by atoms with Gasteiger partial charge < -0.3 is 20.3 Å². The van der Waals surface area contributed by atoms with E-state index < -0.39 is 12.1 Å². The second kappa shape index (κ2) is 51.0. The Morgan fingerprint density at radius 3 is 1.16 bits per heavy atom. The molecule has 0 aliphatic carbocycles. The third-order valence-electron chi connectivity index (χ3n) is 12.5. The zero-order chi connectivity index (χ0) is 44.4. The number of nitrogens with one attached hydrogen (secondary N) is 1. The molecule has 0 aliphatic rings. The van der Waals surface area contributed by atoms with E-state index >= 15 is 0 Å². The van der Waals surface area contributed by atoms with E-state index in [9.17, 15) is 19.8 Å². The van der Waals surface area contributed by atoms with Crippen LogP contribution < -0.4 is 5.32 Å². The number of aliphatic hydroxyl groups is 2. The second-order valence-corrected chi connectivity index (χ2v) is 18.6. The Labute approximate surface area is 380 Å². The largest absolute Gasteiger partial charge is 0.466 e. The second-order valence-electron chi connectivity index (χ2n) is 18.6. The van der Waals surface area contributed by atoms with Crippen molar-refractivity contribution in [3.63, 3.8) is 0 Å². The smallest absolute Gasteiger partial charge is 0.305 e. The van der Waals surface area contributed by atoms with Crippen LogP contribution in [-0.4, -0.2) is 47.4 Å². The van der Waals surface area contributed by atoms with Crippen LogP contribution >= 0.6 is 0 Å². The molecule has 0 aliphatic heterocycles. The van der Waals surface area contributed by atoms with Crippen LogP contribution in [0.1, 0.15) is 290 Å². The topological polar surface area (TPSA) is 95.9 Å². The van der Waals surface area contributed by atoms with Gasteiger partial charge in [-0.2, -0.15) is 0 Å². The monoisotopic (exact) mass is 860 g/mol. The summed E-state index contributed by atoms with van der Waals surface area (Å²) in [5.41, 5.74) is 0. The Bertz CT molecular complexity index is 951. The zero-order valence-corrected chi connectivity index (χ0v) is 40.9. The fourth-order valence-electron chi connectivity index (χ4n) is 8.27. The van der Waals surface area contributed by atoms with Gasteiger partial charge in [0.15, 0.2) is 0 Å². The van der Waals surface area contributed by atoms with Crippen LogP contribution in [0.5, 0.6) is 0 Å². The maximum Gasteiger partial charge on any atom is 0.305 e. The Morgan fingerprint density at radius 2 is 0.770 bits per heavy atom. The van der Waals surface area contributed by atoms with Crippen LogP contribution in [0.15, 0.2) is 24.3 Å². The lowest BCUT2D eigenvalue weighted by Gasteiger charge is -2.20.